The van der Waals surface area contributed by atoms with Crippen molar-refractivity contribution < 1.29 is 24.5 Å². The second-order valence-electron chi connectivity index (χ2n) is 5.35. The fourth-order valence-electron chi connectivity index (χ4n) is 2.48. The number of likely N-dealkylation sites (N-methyl/N-ethyl adjacent to an activating group) is 1. The van der Waals surface area contributed by atoms with E-state index in [-0.39, 0.29) is 17.7 Å². The van der Waals surface area contributed by atoms with Crippen molar-refractivity contribution in [2.45, 2.75) is 18.4 Å². The van der Waals surface area contributed by atoms with Gasteiger partial charge in [0.15, 0.2) is 0 Å². The van der Waals surface area contributed by atoms with E-state index in [9.17, 15) is 14.7 Å². The first kappa shape index (κ1) is 15.5. The molecule has 1 saturated heterocycles. The number of ether oxygens (including phenoxy) is 1. The van der Waals surface area contributed by atoms with Gasteiger partial charge in [0.25, 0.3) is 5.91 Å². The number of rotatable bonds is 4. The van der Waals surface area contributed by atoms with Crippen molar-refractivity contribution in [2.75, 3.05) is 26.8 Å². The van der Waals surface area contributed by atoms with E-state index >= 15 is 0 Å². The van der Waals surface area contributed by atoms with Gasteiger partial charge >= 0.3 is 5.97 Å². The Morgan fingerprint density at radius 1 is 1.24 bits per heavy atom. The highest BCUT2D eigenvalue weighted by Crippen LogP contribution is 2.22. The molecule has 0 radical (unpaired) electrons. The number of carboxylic acid groups (broad SMARTS) is 1. The van der Waals surface area contributed by atoms with Crippen molar-refractivity contribution in [3.8, 4) is 0 Å². The molecule has 0 aliphatic carbocycles. The van der Waals surface area contributed by atoms with Crippen LogP contribution in [0.5, 0.6) is 0 Å². The molecule has 1 aromatic carbocycles. The van der Waals surface area contributed by atoms with E-state index in [4.69, 9.17) is 9.84 Å². The van der Waals surface area contributed by atoms with Crippen LogP contribution in [0.15, 0.2) is 24.3 Å². The molecule has 2 rings (SSSR count). The Bertz CT molecular complexity index is 537. The van der Waals surface area contributed by atoms with E-state index in [1.54, 1.807) is 19.2 Å². The van der Waals surface area contributed by atoms with Crippen molar-refractivity contribution in [3.63, 3.8) is 0 Å². The quantitative estimate of drug-likeness (QED) is 0.864. The average Bonchev–Trinajstić information content (AvgIpc) is 2.46. The molecular weight excluding hydrogens is 274 g/mol. The zero-order valence-corrected chi connectivity index (χ0v) is 11.9. The Morgan fingerprint density at radius 3 is 2.38 bits per heavy atom. The number of carboxylic acids is 1. The van der Waals surface area contributed by atoms with Gasteiger partial charge in [0.05, 0.1) is 16.7 Å². The van der Waals surface area contributed by atoms with Crippen LogP contribution in [0.2, 0.25) is 0 Å². The Morgan fingerprint density at radius 2 is 1.81 bits per heavy atom. The average molecular weight is 293 g/mol. The molecule has 1 amide bonds. The molecule has 0 atom stereocenters. The van der Waals surface area contributed by atoms with Gasteiger partial charge in [-0.25, -0.2) is 4.79 Å². The number of nitrogens with zero attached hydrogens (tertiary/aromatic N) is 1. The van der Waals surface area contributed by atoms with Crippen LogP contribution in [0.4, 0.5) is 0 Å². The summed E-state index contributed by atoms with van der Waals surface area (Å²) in [4.78, 5) is 24.9. The van der Waals surface area contributed by atoms with Crippen molar-refractivity contribution in [1.82, 2.24) is 4.90 Å². The molecule has 0 saturated carbocycles. The minimum atomic E-state index is -1.14. The number of benzene rings is 1. The molecule has 1 aliphatic heterocycles. The van der Waals surface area contributed by atoms with E-state index in [0.29, 0.717) is 26.1 Å². The van der Waals surface area contributed by atoms with Crippen LogP contribution in [-0.2, 0) is 4.74 Å². The second kappa shape index (κ2) is 6.24. The Labute approximate surface area is 122 Å². The minimum absolute atomic E-state index is 0.0340. The molecule has 1 fully saturated rings. The van der Waals surface area contributed by atoms with Crippen LogP contribution < -0.4 is 0 Å². The lowest BCUT2D eigenvalue weighted by Gasteiger charge is -2.35. The summed E-state index contributed by atoms with van der Waals surface area (Å²) in [7, 11) is 1.56. The predicted molar refractivity (Wildman–Crippen MR) is 75.4 cm³/mol. The summed E-state index contributed by atoms with van der Waals surface area (Å²) < 4.78 is 5.20. The smallest absolute Gasteiger partial charge is 0.336 e. The molecule has 0 bridgehead atoms. The number of amides is 1. The number of hydrogen-bond donors (Lipinski definition) is 2. The number of aliphatic hydroxyl groups is 1. The number of aromatic carboxylic acids is 1. The third-order valence-electron chi connectivity index (χ3n) is 3.69. The summed E-state index contributed by atoms with van der Waals surface area (Å²) in [5.41, 5.74) is -0.877. The van der Waals surface area contributed by atoms with Crippen LogP contribution in [0.3, 0.4) is 0 Å². The van der Waals surface area contributed by atoms with Gasteiger partial charge in [0.1, 0.15) is 0 Å². The summed E-state index contributed by atoms with van der Waals surface area (Å²) in [6.45, 7) is 1.08. The number of carbonyl (C=O) groups is 2. The molecule has 6 nitrogen and oxygen atoms in total. The van der Waals surface area contributed by atoms with E-state index < -0.39 is 17.5 Å². The summed E-state index contributed by atoms with van der Waals surface area (Å²) >= 11 is 0. The summed E-state index contributed by atoms with van der Waals surface area (Å²) in [5, 5.41) is 19.6. The lowest BCUT2D eigenvalue weighted by atomic mass is 9.93. The van der Waals surface area contributed by atoms with Crippen LogP contribution in [0, 0.1) is 0 Å². The molecule has 6 heteroatoms. The first-order chi connectivity index (χ1) is 9.93. The van der Waals surface area contributed by atoms with Gasteiger partial charge in [-0.15, -0.1) is 0 Å². The van der Waals surface area contributed by atoms with Gasteiger partial charge in [0.2, 0.25) is 0 Å². The molecule has 1 aliphatic rings. The third kappa shape index (κ3) is 3.59. The molecular formula is C15H19NO5. The Balaban J connectivity index is 2.14. The second-order valence-corrected chi connectivity index (χ2v) is 5.35. The maximum absolute atomic E-state index is 12.4. The highest BCUT2D eigenvalue weighted by atomic mass is 16.5. The van der Waals surface area contributed by atoms with Gasteiger partial charge in [-0.2, -0.15) is 0 Å². The van der Waals surface area contributed by atoms with Crippen molar-refractivity contribution in [1.29, 1.82) is 0 Å². The molecule has 114 valence electrons. The van der Waals surface area contributed by atoms with Gasteiger partial charge in [-0.1, -0.05) is 12.1 Å². The lowest BCUT2D eigenvalue weighted by molar-refractivity contribution is -0.0734. The largest absolute Gasteiger partial charge is 0.478 e. The summed E-state index contributed by atoms with van der Waals surface area (Å²) in [5.74, 6) is -1.55. The fourth-order valence-corrected chi connectivity index (χ4v) is 2.48. The highest BCUT2D eigenvalue weighted by Gasteiger charge is 2.33. The Kier molecular flexibility index (Phi) is 4.59. The van der Waals surface area contributed by atoms with Gasteiger partial charge in [0, 0.05) is 39.6 Å². The first-order valence-corrected chi connectivity index (χ1v) is 6.81. The predicted octanol–water partition coefficient (Wildman–Crippen LogP) is 0.998. The zero-order valence-electron chi connectivity index (χ0n) is 11.9. The zero-order chi connectivity index (χ0) is 15.5. The first-order valence-electron chi connectivity index (χ1n) is 6.81. The molecule has 21 heavy (non-hydrogen) atoms. The van der Waals surface area contributed by atoms with Crippen LogP contribution >= 0.6 is 0 Å². The van der Waals surface area contributed by atoms with Crippen LogP contribution in [0.1, 0.15) is 33.6 Å². The number of carbonyl (C=O) groups excluding carboxylic acids is 1. The minimum Gasteiger partial charge on any atom is -0.478 e. The normalized spacial score (nSPS) is 17.2. The highest BCUT2D eigenvalue weighted by molar-refractivity contribution is 6.04. The van der Waals surface area contributed by atoms with Crippen molar-refractivity contribution >= 4 is 11.9 Å². The molecule has 1 aromatic rings. The lowest BCUT2D eigenvalue weighted by Crippen LogP contribution is -2.47. The fraction of sp³-hybridized carbons (Fsp3) is 0.467. The van der Waals surface area contributed by atoms with E-state index in [0.717, 1.165) is 0 Å². The monoisotopic (exact) mass is 293 g/mol. The van der Waals surface area contributed by atoms with Gasteiger partial charge < -0.3 is 19.8 Å². The van der Waals surface area contributed by atoms with Crippen LogP contribution in [0.25, 0.3) is 0 Å². The summed E-state index contributed by atoms with van der Waals surface area (Å²) in [6, 6.07) is 6.08. The van der Waals surface area contributed by atoms with Crippen molar-refractivity contribution in [2.24, 2.45) is 0 Å². The van der Waals surface area contributed by atoms with E-state index in [1.165, 1.54) is 17.0 Å². The van der Waals surface area contributed by atoms with E-state index in [1.807, 2.05) is 0 Å². The SMILES string of the molecule is CN(CC1(O)CCOCC1)C(=O)c1ccccc1C(=O)O. The standard InChI is InChI=1S/C15H19NO5/c1-16(10-15(20)6-8-21-9-7-15)13(17)11-4-2-3-5-12(11)14(18)19/h2-5,20H,6-10H2,1H3,(H,18,19). The van der Waals surface area contributed by atoms with Gasteiger partial charge in [-0.05, 0) is 12.1 Å². The Hall–Kier alpha value is -1.92. The third-order valence-corrected chi connectivity index (χ3v) is 3.69. The molecule has 1 heterocycles. The molecule has 0 unspecified atom stereocenters. The molecule has 0 spiro atoms. The van der Waals surface area contributed by atoms with Crippen molar-refractivity contribution in [3.05, 3.63) is 35.4 Å². The summed E-state index contributed by atoms with van der Waals surface area (Å²) in [6.07, 6.45) is 0.927. The molecule has 0 aromatic heterocycles. The maximum atomic E-state index is 12.4. The van der Waals surface area contributed by atoms with Gasteiger partial charge in [-0.3, -0.25) is 4.79 Å². The van der Waals surface area contributed by atoms with Crippen LogP contribution in [-0.4, -0.2) is 59.4 Å². The molecule has 2 N–H and O–H groups in total. The number of hydrogen-bond acceptors (Lipinski definition) is 4. The topological polar surface area (TPSA) is 87.1 Å². The van der Waals surface area contributed by atoms with E-state index in [2.05, 4.69) is 0 Å². The maximum Gasteiger partial charge on any atom is 0.336 e.